The van der Waals surface area contributed by atoms with E-state index in [0.29, 0.717) is 18.2 Å². The Hall–Kier alpha value is -1.31. The molecular formula is C17H21ClN2O4S. The lowest BCUT2D eigenvalue weighted by Gasteiger charge is -2.41. The molecule has 1 aromatic rings. The third-order valence-electron chi connectivity index (χ3n) is 5.91. The predicted octanol–water partition coefficient (Wildman–Crippen LogP) is 2.78. The van der Waals surface area contributed by atoms with Gasteiger partial charge < -0.3 is 15.0 Å². The minimum Gasteiger partial charge on any atom is -0.379 e. The zero-order valence-electron chi connectivity index (χ0n) is 14.0. The van der Waals surface area contributed by atoms with Crippen LogP contribution >= 0.6 is 11.6 Å². The summed E-state index contributed by atoms with van der Waals surface area (Å²) in [7, 11) is -3.46. The van der Waals surface area contributed by atoms with Crippen LogP contribution < -0.4 is 5.32 Å². The molecule has 2 heterocycles. The van der Waals surface area contributed by atoms with Crippen LogP contribution in [0.4, 0.5) is 10.5 Å². The highest BCUT2D eigenvalue weighted by molar-refractivity contribution is 7.90. The maximum absolute atomic E-state index is 12.8. The molecule has 1 saturated carbocycles. The largest absolute Gasteiger partial charge is 0.379 e. The Morgan fingerprint density at radius 2 is 2.12 bits per heavy atom. The molecule has 1 spiro atoms. The number of fused-ring (bicyclic) bond motifs is 2. The molecule has 0 aromatic heterocycles. The number of ether oxygens (including phenoxy) is 1. The number of carbonyl (C=O) groups excluding carboxylic acids is 1. The van der Waals surface area contributed by atoms with Gasteiger partial charge in [0.2, 0.25) is 0 Å². The van der Waals surface area contributed by atoms with E-state index in [4.69, 9.17) is 16.3 Å². The molecule has 1 N–H and O–H groups in total. The Kier molecular flexibility index (Phi) is 4.01. The van der Waals surface area contributed by atoms with Gasteiger partial charge in [-0.1, -0.05) is 18.0 Å². The first kappa shape index (κ1) is 17.1. The van der Waals surface area contributed by atoms with Gasteiger partial charge in [0, 0.05) is 24.4 Å². The van der Waals surface area contributed by atoms with Crippen molar-refractivity contribution in [2.45, 2.75) is 30.2 Å². The zero-order valence-corrected chi connectivity index (χ0v) is 15.6. The smallest absolute Gasteiger partial charge is 0.322 e. The summed E-state index contributed by atoms with van der Waals surface area (Å²) in [5, 5.41) is 2.98. The molecule has 1 aliphatic carbocycles. The van der Waals surface area contributed by atoms with Gasteiger partial charge in [-0.05, 0) is 36.5 Å². The third kappa shape index (κ3) is 2.82. The Morgan fingerprint density at radius 1 is 1.36 bits per heavy atom. The first-order valence-electron chi connectivity index (χ1n) is 8.45. The number of sulfone groups is 1. The highest BCUT2D eigenvalue weighted by Gasteiger charge is 2.58. The molecule has 3 aliphatic rings. The van der Waals surface area contributed by atoms with Crippen LogP contribution in [0.1, 0.15) is 19.3 Å². The summed E-state index contributed by atoms with van der Waals surface area (Å²) in [6.45, 7) is 2.06. The van der Waals surface area contributed by atoms with E-state index in [-0.39, 0.29) is 27.4 Å². The maximum atomic E-state index is 12.8. The van der Waals surface area contributed by atoms with Crippen molar-refractivity contribution in [2.24, 2.45) is 11.3 Å². The number of likely N-dealkylation sites (tertiary alicyclic amines) is 1. The van der Waals surface area contributed by atoms with Crippen LogP contribution in [-0.2, 0) is 14.6 Å². The summed E-state index contributed by atoms with van der Waals surface area (Å²) < 4.78 is 29.2. The molecule has 0 bridgehead atoms. The average Bonchev–Trinajstić information content (AvgIpc) is 3.07. The second kappa shape index (κ2) is 5.86. The van der Waals surface area contributed by atoms with Crippen LogP contribution in [0.3, 0.4) is 0 Å². The molecule has 3 fully saturated rings. The van der Waals surface area contributed by atoms with Crippen molar-refractivity contribution in [2.75, 3.05) is 31.3 Å². The molecule has 2 amide bonds. The average molecular weight is 385 g/mol. The van der Waals surface area contributed by atoms with Crippen LogP contribution in [0, 0.1) is 11.3 Å². The first-order chi connectivity index (χ1) is 11.8. The SMILES string of the molecule is CS(=O)(=O)c1cc(NC(=O)N2CC3(CCC3)C3COCC32)ccc1Cl. The normalized spacial score (nSPS) is 27.2. The number of nitrogens with zero attached hydrogens (tertiary/aromatic N) is 1. The quantitative estimate of drug-likeness (QED) is 0.850. The van der Waals surface area contributed by atoms with Crippen molar-refractivity contribution in [3.05, 3.63) is 23.2 Å². The van der Waals surface area contributed by atoms with Gasteiger partial charge in [0.25, 0.3) is 0 Å². The lowest BCUT2D eigenvalue weighted by molar-refractivity contribution is 0.0567. The van der Waals surface area contributed by atoms with Crippen molar-refractivity contribution in [3.63, 3.8) is 0 Å². The van der Waals surface area contributed by atoms with Crippen LogP contribution in [-0.4, -0.2) is 51.4 Å². The predicted molar refractivity (Wildman–Crippen MR) is 94.7 cm³/mol. The van der Waals surface area contributed by atoms with Crippen molar-refractivity contribution in [3.8, 4) is 0 Å². The number of halogens is 1. The van der Waals surface area contributed by atoms with E-state index in [1.807, 2.05) is 4.90 Å². The molecule has 8 heteroatoms. The number of hydrogen-bond acceptors (Lipinski definition) is 4. The third-order valence-corrected chi connectivity index (χ3v) is 7.49. The Balaban J connectivity index is 1.55. The fourth-order valence-electron chi connectivity index (χ4n) is 4.45. The van der Waals surface area contributed by atoms with E-state index in [1.165, 1.54) is 18.6 Å². The van der Waals surface area contributed by atoms with Crippen LogP contribution in [0.5, 0.6) is 0 Å². The van der Waals surface area contributed by atoms with Crippen molar-refractivity contribution < 1.29 is 17.9 Å². The fourth-order valence-corrected chi connectivity index (χ4v) is 5.75. The van der Waals surface area contributed by atoms with Gasteiger partial charge in [0.05, 0.1) is 29.2 Å². The molecule has 6 nitrogen and oxygen atoms in total. The van der Waals surface area contributed by atoms with Crippen molar-refractivity contribution in [1.29, 1.82) is 0 Å². The number of benzene rings is 1. The summed E-state index contributed by atoms with van der Waals surface area (Å²) in [5.41, 5.74) is 0.649. The Bertz CT molecular complexity index is 822. The van der Waals surface area contributed by atoms with Gasteiger partial charge in [-0.3, -0.25) is 0 Å². The lowest BCUT2D eigenvalue weighted by atomic mass is 9.62. The van der Waals surface area contributed by atoms with E-state index < -0.39 is 9.84 Å². The number of amides is 2. The van der Waals surface area contributed by atoms with Gasteiger partial charge in [-0.15, -0.1) is 0 Å². The highest BCUT2D eigenvalue weighted by atomic mass is 35.5. The molecule has 2 atom stereocenters. The van der Waals surface area contributed by atoms with Gasteiger partial charge in [0.1, 0.15) is 0 Å². The molecule has 2 saturated heterocycles. The first-order valence-corrected chi connectivity index (χ1v) is 10.7. The van der Waals surface area contributed by atoms with E-state index >= 15 is 0 Å². The second-order valence-electron chi connectivity index (χ2n) is 7.40. The second-order valence-corrected chi connectivity index (χ2v) is 9.79. The number of carbonyl (C=O) groups is 1. The van der Waals surface area contributed by atoms with Gasteiger partial charge in [0.15, 0.2) is 9.84 Å². The number of urea groups is 1. The molecule has 2 unspecified atom stereocenters. The molecule has 0 radical (unpaired) electrons. The molecular weight excluding hydrogens is 364 g/mol. The summed E-state index contributed by atoms with van der Waals surface area (Å²) in [5.74, 6) is 0.420. The number of nitrogens with one attached hydrogen (secondary N) is 1. The Labute approximate surface area is 152 Å². The zero-order chi connectivity index (χ0) is 17.8. The highest BCUT2D eigenvalue weighted by Crippen LogP contribution is 2.55. The summed E-state index contributed by atoms with van der Waals surface area (Å²) in [6, 6.07) is 4.43. The minimum absolute atomic E-state index is 0.0194. The molecule has 2 aliphatic heterocycles. The minimum atomic E-state index is -3.46. The standard InChI is InChI=1S/C17H21ClN2O4S/c1-25(22,23)15-7-11(3-4-13(15)18)19-16(21)20-10-17(5-2-6-17)12-8-24-9-14(12)20/h3-4,7,12,14H,2,5-6,8-10H2,1H3,(H,19,21). The van der Waals surface area contributed by atoms with Crippen LogP contribution in [0.15, 0.2) is 23.1 Å². The Morgan fingerprint density at radius 3 is 2.76 bits per heavy atom. The van der Waals surface area contributed by atoms with Gasteiger partial charge in [-0.2, -0.15) is 0 Å². The fraction of sp³-hybridized carbons (Fsp3) is 0.588. The van der Waals surface area contributed by atoms with E-state index in [9.17, 15) is 13.2 Å². The molecule has 25 heavy (non-hydrogen) atoms. The van der Waals surface area contributed by atoms with E-state index in [1.54, 1.807) is 6.07 Å². The van der Waals surface area contributed by atoms with Crippen LogP contribution in [0.25, 0.3) is 0 Å². The maximum Gasteiger partial charge on any atom is 0.322 e. The van der Waals surface area contributed by atoms with Crippen LogP contribution in [0.2, 0.25) is 5.02 Å². The number of hydrogen-bond donors (Lipinski definition) is 1. The van der Waals surface area contributed by atoms with Crippen molar-refractivity contribution >= 4 is 33.2 Å². The van der Waals surface area contributed by atoms with E-state index in [2.05, 4.69) is 5.32 Å². The summed E-state index contributed by atoms with van der Waals surface area (Å²) in [4.78, 5) is 14.7. The molecule has 136 valence electrons. The summed E-state index contributed by atoms with van der Waals surface area (Å²) in [6.07, 6.45) is 4.62. The number of rotatable bonds is 2. The lowest BCUT2D eigenvalue weighted by Crippen LogP contribution is -2.41. The van der Waals surface area contributed by atoms with Gasteiger partial charge in [-0.25, -0.2) is 13.2 Å². The molecule has 1 aromatic carbocycles. The van der Waals surface area contributed by atoms with Crippen molar-refractivity contribution in [1.82, 2.24) is 4.90 Å². The summed E-state index contributed by atoms with van der Waals surface area (Å²) >= 11 is 5.96. The van der Waals surface area contributed by atoms with E-state index in [0.717, 1.165) is 32.2 Å². The topological polar surface area (TPSA) is 75.7 Å². The number of anilines is 1. The monoisotopic (exact) mass is 384 g/mol. The molecule has 4 rings (SSSR count). The van der Waals surface area contributed by atoms with Gasteiger partial charge >= 0.3 is 6.03 Å².